The molecule has 1 aliphatic rings. The van der Waals surface area contributed by atoms with E-state index in [0.29, 0.717) is 11.0 Å². The highest BCUT2D eigenvalue weighted by Gasteiger charge is 2.34. The third kappa shape index (κ3) is 3.89. The van der Waals surface area contributed by atoms with Crippen LogP contribution in [0.15, 0.2) is 24.3 Å². The van der Waals surface area contributed by atoms with Gasteiger partial charge in [-0.05, 0) is 24.5 Å². The van der Waals surface area contributed by atoms with Crippen LogP contribution in [0.3, 0.4) is 0 Å². The van der Waals surface area contributed by atoms with E-state index in [9.17, 15) is 13.2 Å². The molecule has 0 aromatic heterocycles. The molecule has 1 aliphatic carbocycles. The average molecular weight is 289 g/mol. The van der Waals surface area contributed by atoms with E-state index in [1.54, 1.807) is 17.8 Å². The molecule has 0 spiro atoms. The summed E-state index contributed by atoms with van der Waals surface area (Å²) in [5, 5.41) is 0.573. The van der Waals surface area contributed by atoms with E-state index in [1.165, 1.54) is 25.0 Å². The third-order valence-electron chi connectivity index (χ3n) is 3.48. The van der Waals surface area contributed by atoms with E-state index < -0.39 is 17.8 Å². The Hall–Kier alpha value is -0.680. The van der Waals surface area contributed by atoms with E-state index in [1.807, 2.05) is 0 Å². The van der Waals surface area contributed by atoms with E-state index >= 15 is 0 Å². The second-order valence-electron chi connectivity index (χ2n) is 4.93. The lowest BCUT2D eigenvalue weighted by Gasteiger charge is -2.19. The van der Waals surface area contributed by atoms with Crippen molar-refractivity contribution in [2.24, 2.45) is 5.73 Å². The quantitative estimate of drug-likeness (QED) is 0.890. The third-order valence-corrected chi connectivity index (χ3v) is 4.97. The number of hydrogen-bond donors (Lipinski definition) is 1. The minimum absolute atomic E-state index is 0.209. The van der Waals surface area contributed by atoms with Crippen molar-refractivity contribution in [3.8, 4) is 0 Å². The molecule has 0 heterocycles. The molecule has 1 saturated carbocycles. The summed E-state index contributed by atoms with van der Waals surface area (Å²) in [5.41, 5.74) is 5.56. The first-order valence-corrected chi connectivity index (χ1v) is 7.56. The van der Waals surface area contributed by atoms with Gasteiger partial charge in [0.05, 0.1) is 5.56 Å². The van der Waals surface area contributed by atoms with E-state index in [-0.39, 0.29) is 5.56 Å². The predicted molar refractivity (Wildman–Crippen MR) is 73.1 cm³/mol. The Bertz CT molecular complexity index is 413. The Morgan fingerprint density at radius 2 is 1.84 bits per heavy atom. The average Bonchev–Trinajstić information content (AvgIpc) is 2.88. The summed E-state index contributed by atoms with van der Waals surface area (Å²) >= 11 is 1.71. The van der Waals surface area contributed by atoms with Gasteiger partial charge in [0, 0.05) is 17.0 Å². The zero-order valence-corrected chi connectivity index (χ0v) is 11.4. The molecule has 0 bridgehead atoms. The summed E-state index contributed by atoms with van der Waals surface area (Å²) in [6, 6.07) is 5.06. The number of rotatable bonds is 4. The Balaban J connectivity index is 2.03. The van der Waals surface area contributed by atoms with Gasteiger partial charge in [0.25, 0.3) is 0 Å². The van der Waals surface area contributed by atoms with Gasteiger partial charge < -0.3 is 5.73 Å². The standard InChI is InChI=1S/C14H18F3NS/c15-14(16,17)12-8-4-3-7-11(12)13(18)9-19-10-5-1-2-6-10/h3-4,7-8,10,13H,1-2,5-6,9,18H2. The van der Waals surface area contributed by atoms with Crippen molar-refractivity contribution < 1.29 is 13.2 Å². The lowest BCUT2D eigenvalue weighted by Crippen LogP contribution is -2.20. The number of alkyl halides is 3. The highest BCUT2D eigenvalue weighted by molar-refractivity contribution is 7.99. The van der Waals surface area contributed by atoms with Gasteiger partial charge in [-0.2, -0.15) is 24.9 Å². The smallest absolute Gasteiger partial charge is 0.323 e. The SMILES string of the molecule is NC(CSC1CCCC1)c1ccccc1C(F)(F)F. The van der Waals surface area contributed by atoms with Crippen molar-refractivity contribution in [2.75, 3.05) is 5.75 Å². The molecule has 0 radical (unpaired) electrons. The molecule has 19 heavy (non-hydrogen) atoms. The number of thioether (sulfide) groups is 1. The Morgan fingerprint density at radius 3 is 2.47 bits per heavy atom. The molecule has 106 valence electrons. The molecule has 1 aromatic carbocycles. The number of nitrogens with two attached hydrogens (primary N) is 1. The normalized spacial score (nSPS) is 18.7. The maximum absolute atomic E-state index is 12.9. The van der Waals surface area contributed by atoms with Gasteiger partial charge in [0.1, 0.15) is 0 Å². The first kappa shape index (κ1) is 14.7. The summed E-state index contributed by atoms with van der Waals surface area (Å²) in [6.45, 7) is 0. The minimum Gasteiger partial charge on any atom is -0.323 e. The van der Waals surface area contributed by atoms with Crippen molar-refractivity contribution in [1.29, 1.82) is 0 Å². The number of hydrogen-bond acceptors (Lipinski definition) is 2. The van der Waals surface area contributed by atoms with Crippen molar-refractivity contribution in [3.05, 3.63) is 35.4 Å². The molecular weight excluding hydrogens is 271 g/mol. The molecule has 0 aliphatic heterocycles. The first-order valence-electron chi connectivity index (χ1n) is 6.52. The molecule has 1 atom stereocenters. The highest BCUT2D eigenvalue weighted by atomic mass is 32.2. The molecule has 2 rings (SSSR count). The summed E-state index contributed by atoms with van der Waals surface area (Å²) < 4.78 is 38.7. The van der Waals surface area contributed by atoms with Crippen LogP contribution in [-0.2, 0) is 6.18 Å². The van der Waals surface area contributed by atoms with Crippen molar-refractivity contribution >= 4 is 11.8 Å². The zero-order chi connectivity index (χ0) is 13.9. The Kier molecular flexibility index (Phi) is 4.79. The van der Waals surface area contributed by atoms with E-state index in [2.05, 4.69) is 0 Å². The van der Waals surface area contributed by atoms with Gasteiger partial charge in [-0.25, -0.2) is 0 Å². The van der Waals surface area contributed by atoms with Crippen molar-refractivity contribution in [1.82, 2.24) is 0 Å². The fourth-order valence-corrected chi connectivity index (χ4v) is 3.79. The molecule has 5 heteroatoms. The molecule has 0 saturated heterocycles. The van der Waals surface area contributed by atoms with Gasteiger partial charge in [-0.3, -0.25) is 0 Å². The van der Waals surface area contributed by atoms with Gasteiger partial charge in [-0.15, -0.1) is 0 Å². The largest absolute Gasteiger partial charge is 0.416 e. The lowest BCUT2D eigenvalue weighted by molar-refractivity contribution is -0.138. The second-order valence-corrected chi connectivity index (χ2v) is 6.26. The van der Waals surface area contributed by atoms with Crippen LogP contribution in [0.5, 0.6) is 0 Å². The van der Waals surface area contributed by atoms with Crippen LogP contribution in [0.1, 0.15) is 42.9 Å². The van der Waals surface area contributed by atoms with Crippen LogP contribution in [-0.4, -0.2) is 11.0 Å². The fourth-order valence-electron chi connectivity index (χ4n) is 2.46. The molecule has 1 unspecified atom stereocenters. The summed E-state index contributed by atoms with van der Waals surface area (Å²) in [4.78, 5) is 0. The number of halogens is 3. The number of benzene rings is 1. The summed E-state index contributed by atoms with van der Waals surface area (Å²) in [5.74, 6) is 0.553. The van der Waals surface area contributed by atoms with Crippen LogP contribution in [0.4, 0.5) is 13.2 Å². The van der Waals surface area contributed by atoms with Crippen LogP contribution < -0.4 is 5.73 Å². The van der Waals surface area contributed by atoms with Gasteiger partial charge in [0.15, 0.2) is 0 Å². The van der Waals surface area contributed by atoms with Gasteiger partial charge in [0.2, 0.25) is 0 Å². The van der Waals surface area contributed by atoms with Crippen LogP contribution in [0.2, 0.25) is 0 Å². The maximum Gasteiger partial charge on any atom is 0.416 e. The van der Waals surface area contributed by atoms with Crippen LogP contribution in [0.25, 0.3) is 0 Å². The topological polar surface area (TPSA) is 26.0 Å². The van der Waals surface area contributed by atoms with Crippen molar-refractivity contribution in [2.45, 2.75) is 43.2 Å². The van der Waals surface area contributed by atoms with E-state index in [4.69, 9.17) is 5.73 Å². The first-order chi connectivity index (χ1) is 8.98. The zero-order valence-electron chi connectivity index (χ0n) is 10.6. The predicted octanol–water partition coefficient (Wildman–Crippen LogP) is 4.38. The Morgan fingerprint density at radius 1 is 1.21 bits per heavy atom. The van der Waals surface area contributed by atoms with Crippen molar-refractivity contribution in [3.63, 3.8) is 0 Å². The van der Waals surface area contributed by atoms with E-state index in [0.717, 1.165) is 18.9 Å². The highest BCUT2D eigenvalue weighted by Crippen LogP contribution is 2.36. The van der Waals surface area contributed by atoms with Gasteiger partial charge in [-0.1, -0.05) is 31.0 Å². The van der Waals surface area contributed by atoms with Crippen LogP contribution in [0, 0.1) is 0 Å². The van der Waals surface area contributed by atoms with Crippen LogP contribution >= 0.6 is 11.8 Å². The van der Waals surface area contributed by atoms with Gasteiger partial charge >= 0.3 is 6.18 Å². The second kappa shape index (κ2) is 6.18. The molecule has 1 aromatic rings. The maximum atomic E-state index is 12.9. The lowest BCUT2D eigenvalue weighted by atomic mass is 10.0. The molecule has 2 N–H and O–H groups in total. The summed E-state index contributed by atoms with van der Waals surface area (Å²) in [7, 11) is 0. The fraction of sp³-hybridized carbons (Fsp3) is 0.571. The minimum atomic E-state index is -4.33. The molecule has 1 fully saturated rings. The molecular formula is C14H18F3NS. The molecule has 0 amide bonds. The Labute approximate surface area is 115 Å². The summed E-state index contributed by atoms with van der Waals surface area (Å²) in [6.07, 6.45) is 0.459. The monoisotopic (exact) mass is 289 g/mol. The molecule has 1 nitrogen and oxygen atoms in total.